The number of hydrogen-bond donors (Lipinski definition) is 2. The van der Waals surface area contributed by atoms with Gasteiger partial charge in [-0.25, -0.2) is 4.72 Å². The quantitative estimate of drug-likeness (QED) is 0.638. The molecule has 0 bridgehead atoms. The molecule has 1 fully saturated rings. The lowest BCUT2D eigenvalue weighted by atomic mass is 10.3. The molecule has 0 saturated carbocycles. The van der Waals surface area contributed by atoms with Crippen molar-refractivity contribution in [3.8, 4) is 0 Å². The van der Waals surface area contributed by atoms with Crippen molar-refractivity contribution in [3.05, 3.63) is 0 Å². The summed E-state index contributed by atoms with van der Waals surface area (Å²) >= 11 is 0. The summed E-state index contributed by atoms with van der Waals surface area (Å²) in [5, 5.41) is 3.25. The van der Waals surface area contributed by atoms with Gasteiger partial charge in [-0.05, 0) is 25.8 Å². The van der Waals surface area contributed by atoms with Crippen LogP contribution in [0, 0.1) is 0 Å². The zero-order chi connectivity index (χ0) is 12.0. The monoisotopic (exact) mass is 249 g/mol. The maximum absolute atomic E-state index is 11.7. The molecule has 6 heteroatoms. The summed E-state index contributed by atoms with van der Waals surface area (Å²) in [7, 11) is -3.21. The molecule has 0 aromatic carbocycles. The topological polar surface area (TPSA) is 61.4 Å². The predicted octanol–water partition coefficient (Wildman–Crippen LogP) is 0.305. The van der Waals surface area contributed by atoms with Crippen molar-refractivity contribution in [2.75, 3.05) is 26.2 Å². The van der Waals surface area contributed by atoms with E-state index in [4.69, 9.17) is 0 Å². The third-order valence-corrected chi connectivity index (χ3v) is 4.21. The predicted molar refractivity (Wildman–Crippen MR) is 65.5 cm³/mol. The number of rotatable bonds is 7. The molecule has 1 saturated heterocycles. The number of nitrogens with zero attached hydrogens (tertiary/aromatic N) is 1. The van der Waals surface area contributed by atoms with Gasteiger partial charge in [0.1, 0.15) is 0 Å². The van der Waals surface area contributed by atoms with E-state index in [0.717, 1.165) is 25.8 Å². The van der Waals surface area contributed by atoms with Gasteiger partial charge < -0.3 is 5.32 Å². The Kier molecular flexibility index (Phi) is 5.68. The largest absolute Gasteiger partial charge is 0.314 e. The molecular weight excluding hydrogens is 226 g/mol. The average Bonchev–Trinajstić information content (AvgIpc) is 2.69. The standard InChI is InChI=1S/C10H23N3O2S/c1-10(2)11-6-5-7-12-16(14,15)13-8-3-4-9-13/h10-12H,3-9H2,1-2H3. The third kappa shape index (κ3) is 4.78. The first-order valence-electron chi connectivity index (χ1n) is 6.00. The Labute approximate surface area is 98.8 Å². The van der Waals surface area contributed by atoms with Crippen LogP contribution in [-0.2, 0) is 10.2 Å². The molecule has 0 amide bonds. The van der Waals surface area contributed by atoms with Crippen LogP contribution in [0.25, 0.3) is 0 Å². The Morgan fingerprint density at radius 2 is 1.81 bits per heavy atom. The van der Waals surface area contributed by atoms with Crippen LogP contribution in [0.2, 0.25) is 0 Å². The molecule has 5 nitrogen and oxygen atoms in total. The van der Waals surface area contributed by atoms with Gasteiger partial charge in [0.25, 0.3) is 10.2 Å². The first-order valence-corrected chi connectivity index (χ1v) is 7.44. The van der Waals surface area contributed by atoms with E-state index in [2.05, 4.69) is 23.9 Å². The average molecular weight is 249 g/mol. The molecule has 1 heterocycles. The van der Waals surface area contributed by atoms with Gasteiger partial charge in [0.2, 0.25) is 0 Å². The summed E-state index contributed by atoms with van der Waals surface area (Å²) < 4.78 is 27.6. The summed E-state index contributed by atoms with van der Waals surface area (Å²) in [5.74, 6) is 0. The summed E-state index contributed by atoms with van der Waals surface area (Å²) in [5.41, 5.74) is 0. The number of hydrogen-bond acceptors (Lipinski definition) is 3. The highest BCUT2D eigenvalue weighted by Gasteiger charge is 2.24. The minimum atomic E-state index is -3.21. The highest BCUT2D eigenvalue weighted by Crippen LogP contribution is 2.10. The zero-order valence-electron chi connectivity index (χ0n) is 10.2. The lowest BCUT2D eigenvalue weighted by Crippen LogP contribution is -2.40. The van der Waals surface area contributed by atoms with Crippen LogP contribution in [0.4, 0.5) is 0 Å². The molecule has 1 rings (SSSR count). The van der Waals surface area contributed by atoms with E-state index in [0.29, 0.717) is 25.7 Å². The fraction of sp³-hybridized carbons (Fsp3) is 1.00. The first kappa shape index (κ1) is 13.9. The molecule has 0 atom stereocenters. The molecule has 2 N–H and O–H groups in total. The molecular formula is C10H23N3O2S. The van der Waals surface area contributed by atoms with Gasteiger partial charge in [0.05, 0.1) is 0 Å². The molecule has 16 heavy (non-hydrogen) atoms. The SMILES string of the molecule is CC(C)NCCCNS(=O)(=O)N1CCCC1. The lowest BCUT2D eigenvalue weighted by Gasteiger charge is -2.16. The molecule has 1 aliphatic heterocycles. The Morgan fingerprint density at radius 1 is 1.19 bits per heavy atom. The van der Waals surface area contributed by atoms with Crippen molar-refractivity contribution in [1.82, 2.24) is 14.3 Å². The molecule has 0 aromatic heterocycles. The van der Waals surface area contributed by atoms with E-state index in [9.17, 15) is 8.42 Å². The third-order valence-electron chi connectivity index (χ3n) is 2.60. The summed E-state index contributed by atoms with van der Waals surface area (Å²) in [6.07, 6.45) is 2.79. The summed E-state index contributed by atoms with van der Waals surface area (Å²) in [4.78, 5) is 0. The van der Waals surface area contributed by atoms with E-state index in [-0.39, 0.29) is 0 Å². The van der Waals surface area contributed by atoms with E-state index in [1.165, 1.54) is 4.31 Å². The highest BCUT2D eigenvalue weighted by atomic mass is 32.2. The molecule has 0 unspecified atom stereocenters. The van der Waals surface area contributed by atoms with Gasteiger partial charge in [-0.15, -0.1) is 0 Å². The van der Waals surface area contributed by atoms with E-state index < -0.39 is 10.2 Å². The molecule has 1 aliphatic rings. The summed E-state index contributed by atoms with van der Waals surface area (Å²) in [6.45, 7) is 6.85. The second-order valence-corrected chi connectivity index (χ2v) is 6.22. The molecule has 0 spiro atoms. The number of nitrogens with one attached hydrogen (secondary N) is 2. The van der Waals surface area contributed by atoms with E-state index >= 15 is 0 Å². The molecule has 0 aromatic rings. The minimum Gasteiger partial charge on any atom is -0.314 e. The Balaban J connectivity index is 2.16. The van der Waals surface area contributed by atoms with Gasteiger partial charge in [-0.3, -0.25) is 0 Å². The van der Waals surface area contributed by atoms with Crippen molar-refractivity contribution < 1.29 is 8.42 Å². The van der Waals surface area contributed by atoms with Crippen LogP contribution in [0.3, 0.4) is 0 Å². The summed E-state index contributed by atoms with van der Waals surface area (Å²) in [6, 6.07) is 0.454. The van der Waals surface area contributed by atoms with Crippen LogP contribution >= 0.6 is 0 Å². The first-order chi connectivity index (χ1) is 7.52. The van der Waals surface area contributed by atoms with Crippen LogP contribution in [0.5, 0.6) is 0 Å². The molecule has 0 radical (unpaired) electrons. The fourth-order valence-corrected chi connectivity index (χ4v) is 3.02. The van der Waals surface area contributed by atoms with Crippen molar-refractivity contribution in [2.45, 2.75) is 39.2 Å². The van der Waals surface area contributed by atoms with Crippen LogP contribution in [0.15, 0.2) is 0 Å². The van der Waals surface area contributed by atoms with E-state index in [1.54, 1.807) is 0 Å². The van der Waals surface area contributed by atoms with Crippen molar-refractivity contribution >= 4 is 10.2 Å². The zero-order valence-corrected chi connectivity index (χ0v) is 11.0. The van der Waals surface area contributed by atoms with Crippen LogP contribution in [-0.4, -0.2) is 44.9 Å². The Bertz CT molecular complexity index is 284. The molecule has 0 aliphatic carbocycles. The second-order valence-electron chi connectivity index (χ2n) is 4.47. The van der Waals surface area contributed by atoms with Crippen molar-refractivity contribution in [2.24, 2.45) is 0 Å². The second kappa shape index (κ2) is 6.54. The van der Waals surface area contributed by atoms with Gasteiger partial charge >= 0.3 is 0 Å². The highest BCUT2D eigenvalue weighted by molar-refractivity contribution is 7.87. The van der Waals surface area contributed by atoms with E-state index in [1.807, 2.05) is 0 Å². The van der Waals surface area contributed by atoms with Crippen LogP contribution < -0.4 is 10.0 Å². The van der Waals surface area contributed by atoms with Crippen LogP contribution in [0.1, 0.15) is 33.1 Å². The van der Waals surface area contributed by atoms with Crippen molar-refractivity contribution in [3.63, 3.8) is 0 Å². The Morgan fingerprint density at radius 3 is 2.38 bits per heavy atom. The van der Waals surface area contributed by atoms with Gasteiger partial charge in [-0.2, -0.15) is 12.7 Å². The normalized spacial score (nSPS) is 18.4. The maximum Gasteiger partial charge on any atom is 0.279 e. The smallest absolute Gasteiger partial charge is 0.279 e. The van der Waals surface area contributed by atoms with Gasteiger partial charge in [0, 0.05) is 25.7 Å². The minimum absolute atomic E-state index is 0.454. The Hall–Kier alpha value is -0.170. The molecule has 96 valence electrons. The van der Waals surface area contributed by atoms with Gasteiger partial charge in [-0.1, -0.05) is 13.8 Å². The van der Waals surface area contributed by atoms with Gasteiger partial charge in [0.15, 0.2) is 0 Å². The lowest BCUT2D eigenvalue weighted by molar-refractivity contribution is 0.462. The fourth-order valence-electron chi connectivity index (χ4n) is 1.70. The maximum atomic E-state index is 11.7. The van der Waals surface area contributed by atoms with Crippen molar-refractivity contribution in [1.29, 1.82) is 0 Å².